The van der Waals surface area contributed by atoms with Gasteiger partial charge in [0, 0.05) is 5.56 Å². The molecule has 0 aliphatic carbocycles. The standard InChI is InChI=1S/C9H11NO3/c1-10-9(12,13)8(11)7-5-3-2-4-6-7/h2-6,10,12-13H,1H3. The minimum absolute atomic E-state index is 0.252. The summed E-state index contributed by atoms with van der Waals surface area (Å²) >= 11 is 0. The lowest BCUT2D eigenvalue weighted by Gasteiger charge is -2.18. The predicted molar refractivity (Wildman–Crippen MR) is 47.0 cm³/mol. The van der Waals surface area contributed by atoms with Gasteiger partial charge in [-0.15, -0.1) is 0 Å². The van der Waals surface area contributed by atoms with Gasteiger partial charge in [0.15, 0.2) is 0 Å². The number of carbonyl (C=O) groups excluding carboxylic acids is 1. The van der Waals surface area contributed by atoms with Crippen LogP contribution in [0.15, 0.2) is 30.3 Å². The van der Waals surface area contributed by atoms with Crippen LogP contribution < -0.4 is 5.32 Å². The van der Waals surface area contributed by atoms with Crippen LogP contribution in [0.2, 0.25) is 0 Å². The molecule has 0 radical (unpaired) electrons. The number of nitrogens with one attached hydrogen (secondary N) is 1. The van der Waals surface area contributed by atoms with E-state index in [-0.39, 0.29) is 5.56 Å². The molecule has 0 unspecified atom stereocenters. The van der Waals surface area contributed by atoms with Crippen LogP contribution in [0.3, 0.4) is 0 Å². The summed E-state index contributed by atoms with van der Waals surface area (Å²) < 4.78 is 0. The molecule has 1 rings (SSSR count). The molecule has 4 nitrogen and oxygen atoms in total. The highest BCUT2D eigenvalue weighted by Crippen LogP contribution is 2.07. The quantitative estimate of drug-likeness (QED) is 0.443. The normalized spacial score (nSPS) is 11.3. The maximum absolute atomic E-state index is 11.3. The lowest BCUT2D eigenvalue weighted by Crippen LogP contribution is -2.50. The summed E-state index contributed by atoms with van der Waals surface area (Å²) in [6.07, 6.45) is 0. The van der Waals surface area contributed by atoms with E-state index in [0.29, 0.717) is 0 Å². The number of carbonyl (C=O) groups is 1. The first-order valence-corrected chi connectivity index (χ1v) is 3.81. The Morgan fingerprint density at radius 1 is 1.31 bits per heavy atom. The molecule has 0 spiro atoms. The van der Waals surface area contributed by atoms with E-state index in [1.54, 1.807) is 18.2 Å². The molecule has 0 saturated carbocycles. The van der Waals surface area contributed by atoms with Crippen molar-refractivity contribution in [2.24, 2.45) is 0 Å². The van der Waals surface area contributed by atoms with Crippen LogP contribution in [0.5, 0.6) is 0 Å². The maximum atomic E-state index is 11.3. The van der Waals surface area contributed by atoms with Crippen LogP contribution in [0.25, 0.3) is 0 Å². The number of rotatable bonds is 3. The van der Waals surface area contributed by atoms with E-state index in [1.807, 2.05) is 0 Å². The van der Waals surface area contributed by atoms with Crippen molar-refractivity contribution in [1.82, 2.24) is 5.32 Å². The van der Waals surface area contributed by atoms with E-state index < -0.39 is 11.7 Å². The van der Waals surface area contributed by atoms with Gasteiger partial charge in [0.25, 0.3) is 5.91 Å². The van der Waals surface area contributed by atoms with Crippen molar-refractivity contribution in [3.8, 4) is 0 Å². The Bertz CT molecular complexity index is 295. The van der Waals surface area contributed by atoms with Crippen LogP contribution in [-0.2, 0) is 0 Å². The number of likely N-dealkylation sites (N-methyl/N-ethyl adjacent to an activating group) is 1. The number of hydrogen-bond acceptors (Lipinski definition) is 4. The Morgan fingerprint density at radius 3 is 2.31 bits per heavy atom. The Kier molecular flexibility index (Phi) is 2.77. The SMILES string of the molecule is CNC(O)(O)C(=O)c1ccccc1. The van der Waals surface area contributed by atoms with Gasteiger partial charge in [-0.1, -0.05) is 30.3 Å². The fraction of sp³-hybridized carbons (Fsp3) is 0.222. The third-order valence-corrected chi connectivity index (χ3v) is 1.70. The molecule has 3 N–H and O–H groups in total. The van der Waals surface area contributed by atoms with Crippen LogP contribution in [-0.4, -0.2) is 29.0 Å². The second kappa shape index (κ2) is 3.66. The molecule has 1 aromatic rings. The smallest absolute Gasteiger partial charge is 0.289 e. The van der Waals surface area contributed by atoms with Gasteiger partial charge in [0.05, 0.1) is 0 Å². The first kappa shape index (κ1) is 9.85. The molecule has 0 atom stereocenters. The van der Waals surface area contributed by atoms with Crippen LogP contribution in [0.1, 0.15) is 10.4 Å². The molecule has 13 heavy (non-hydrogen) atoms. The van der Waals surface area contributed by atoms with E-state index in [9.17, 15) is 4.79 Å². The number of ketones is 1. The monoisotopic (exact) mass is 181 g/mol. The third-order valence-electron chi connectivity index (χ3n) is 1.70. The average molecular weight is 181 g/mol. The highest BCUT2D eigenvalue weighted by atomic mass is 16.5. The van der Waals surface area contributed by atoms with Crippen molar-refractivity contribution in [2.75, 3.05) is 7.05 Å². The fourth-order valence-corrected chi connectivity index (χ4v) is 0.904. The zero-order valence-corrected chi connectivity index (χ0v) is 7.19. The zero-order valence-electron chi connectivity index (χ0n) is 7.19. The highest BCUT2D eigenvalue weighted by Gasteiger charge is 2.31. The first-order valence-electron chi connectivity index (χ1n) is 3.81. The Balaban J connectivity index is 2.93. The number of benzene rings is 1. The lowest BCUT2D eigenvalue weighted by molar-refractivity contribution is -0.140. The van der Waals surface area contributed by atoms with E-state index in [4.69, 9.17) is 10.2 Å². The maximum Gasteiger partial charge on any atom is 0.289 e. The van der Waals surface area contributed by atoms with Gasteiger partial charge in [0.1, 0.15) is 0 Å². The average Bonchev–Trinajstić information content (AvgIpc) is 2.18. The molecule has 0 amide bonds. The van der Waals surface area contributed by atoms with Gasteiger partial charge >= 0.3 is 0 Å². The summed E-state index contributed by atoms with van der Waals surface area (Å²) in [4.78, 5) is 11.3. The van der Waals surface area contributed by atoms with Crippen molar-refractivity contribution < 1.29 is 15.0 Å². The molecular weight excluding hydrogens is 170 g/mol. The van der Waals surface area contributed by atoms with Gasteiger partial charge in [-0.05, 0) is 7.05 Å². The van der Waals surface area contributed by atoms with Gasteiger partial charge in [-0.25, -0.2) is 0 Å². The van der Waals surface area contributed by atoms with Gasteiger partial charge in [-0.3, -0.25) is 10.1 Å². The van der Waals surface area contributed by atoms with E-state index >= 15 is 0 Å². The molecule has 0 saturated heterocycles. The number of aliphatic hydroxyl groups is 2. The molecule has 0 heterocycles. The molecule has 1 aromatic carbocycles. The molecule has 0 aliphatic heterocycles. The topological polar surface area (TPSA) is 69.6 Å². The lowest BCUT2D eigenvalue weighted by atomic mass is 10.1. The van der Waals surface area contributed by atoms with E-state index in [0.717, 1.165) is 0 Å². The minimum atomic E-state index is -2.48. The Morgan fingerprint density at radius 2 is 1.85 bits per heavy atom. The zero-order chi connectivity index (χ0) is 9.90. The van der Waals surface area contributed by atoms with Crippen LogP contribution in [0, 0.1) is 0 Å². The molecule has 0 aromatic heterocycles. The van der Waals surface area contributed by atoms with Crippen molar-refractivity contribution in [3.63, 3.8) is 0 Å². The second-order valence-electron chi connectivity index (χ2n) is 2.62. The second-order valence-corrected chi connectivity index (χ2v) is 2.62. The van der Waals surface area contributed by atoms with Crippen molar-refractivity contribution in [2.45, 2.75) is 5.91 Å². The van der Waals surface area contributed by atoms with Crippen molar-refractivity contribution in [1.29, 1.82) is 0 Å². The molecule has 70 valence electrons. The minimum Gasteiger partial charge on any atom is -0.347 e. The summed E-state index contributed by atoms with van der Waals surface area (Å²) in [6, 6.07) is 8.08. The summed E-state index contributed by atoms with van der Waals surface area (Å²) in [6.45, 7) is 0. The van der Waals surface area contributed by atoms with Crippen molar-refractivity contribution in [3.05, 3.63) is 35.9 Å². The summed E-state index contributed by atoms with van der Waals surface area (Å²) in [7, 11) is 1.29. The van der Waals surface area contributed by atoms with Crippen LogP contribution in [0.4, 0.5) is 0 Å². The van der Waals surface area contributed by atoms with Gasteiger partial charge in [-0.2, -0.15) is 0 Å². The van der Waals surface area contributed by atoms with Gasteiger partial charge < -0.3 is 10.2 Å². The molecule has 0 bridgehead atoms. The number of hydrogen-bond donors (Lipinski definition) is 3. The molecular formula is C9H11NO3. The first-order chi connectivity index (χ1) is 6.08. The molecule has 4 heteroatoms. The number of Topliss-reactive ketones (excluding diaryl/α,β-unsaturated/α-hetero) is 1. The van der Waals surface area contributed by atoms with Gasteiger partial charge in [0.2, 0.25) is 5.78 Å². The van der Waals surface area contributed by atoms with Crippen LogP contribution >= 0.6 is 0 Å². The summed E-state index contributed by atoms with van der Waals surface area (Å²) in [5.41, 5.74) is 0.252. The van der Waals surface area contributed by atoms with E-state index in [2.05, 4.69) is 5.32 Å². The molecule has 0 aliphatic rings. The Hall–Kier alpha value is -1.23. The van der Waals surface area contributed by atoms with E-state index in [1.165, 1.54) is 19.2 Å². The summed E-state index contributed by atoms with van der Waals surface area (Å²) in [5, 5.41) is 20.4. The predicted octanol–water partition coefficient (Wildman–Crippen LogP) is -0.273. The van der Waals surface area contributed by atoms with Crippen molar-refractivity contribution >= 4 is 5.78 Å². The largest absolute Gasteiger partial charge is 0.347 e. The third kappa shape index (κ3) is 2.12. The summed E-state index contributed by atoms with van der Waals surface area (Å²) in [5.74, 6) is -3.25. The highest BCUT2D eigenvalue weighted by molar-refractivity contribution is 6.00. The Labute approximate surface area is 75.8 Å². The molecule has 0 fully saturated rings. The fourth-order valence-electron chi connectivity index (χ4n) is 0.904.